The Balaban J connectivity index is 2.03. The molecule has 2 aromatic rings. The molecule has 2 amide bonds. The van der Waals surface area contributed by atoms with Gasteiger partial charge in [-0.05, 0) is 42.3 Å². The van der Waals surface area contributed by atoms with Crippen LogP contribution in [0.15, 0.2) is 42.5 Å². The monoisotopic (exact) mass is 404 g/mol. The molecule has 0 aromatic heterocycles. The molecule has 0 fully saturated rings. The van der Waals surface area contributed by atoms with E-state index in [0.29, 0.717) is 48.2 Å². The van der Waals surface area contributed by atoms with Crippen LogP contribution in [0.3, 0.4) is 0 Å². The highest BCUT2D eigenvalue weighted by Gasteiger charge is 2.13. The number of hydrogen-bond acceptors (Lipinski definition) is 4. The molecule has 2 rings (SSSR count). The zero-order valence-electron chi connectivity index (χ0n) is 16.3. The van der Waals surface area contributed by atoms with Gasteiger partial charge in [-0.2, -0.15) is 0 Å². The number of rotatable bonds is 9. The fourth-order valence-electron chi connectivity index (χ4n) is 2.33. The summed E-state index contributed by atoms with van der Waals surface area (Å²) in [5.41, 5.74) is 1.30. The number of carbonyl (C=O) groups excluding carboxylic acids is 2. The quantitative estimate of drug-likeness (QED) is 0.619. The van der Waals surface area contributed by atoms with Crippen molar-refractivity contribution in [2.45, 2.75) is 13.8 Å². The molecule has 2 N–H and O–H groups in total. The van der Waals surface area contributed by atoms with Gasteiger partial charge >= 0.3 is 0 Å². The highest BCUT2D eigenvalue weighted by molar-refractivity contribution is 6.34. The van der Waals surface area contributed by atoms with Crippen LogP contribution < -0.4 is 15.4 Å². The molecular formula is C21H25ClN2O4. The zero-order chi connectivity index (χ0) is 20.5. The number of halogens is 1. The lowest BCUT2D eigenvalue weighted by atomic mass is 10.1. The van der Waals surface area contributed by atoms with Crippen LogP contribution in [0.1, 0.15) is 34.6 Å². The fourth-order valence-corrected chi connectivity index (χ4v) is 2.60. The van der Waals surface area contributed by atoms with Gasteiger partial charge in [-0.3, -0.25) is 9.59 Å². The van der Waals surface area contributed by atoms with E-state index >= 15 is 0 Å². The van der Waals surface area contributed by atoms with Crippen LogP contribution >= 0.6 is 11.6 Å². The predicted molar refractivity (Wildman–Crippen MR) is 110 cm³/mol. The summed E-state index contributed by atoms with van der Waals surface area (Å²) in [4.78, 5) is 24.6. The highest BCUT2D eigenvalue weighted by atomic mass is 35.5. The first-order valence-electron chi connectivity index (χ1n) is 9.01. The summed E-state index contributed by atoms with van der Waals surface area (Å²) < 4.78 is 10.5. The van der Waals surface area contributed by atoms with E-state index in [9.17, 15) is 9.59 Å². The maximum Gasteiger partial charge on any atom is 0.255 e. The molecule has 7 heteroatoms. The summed E-state index contributed by atoms with van der Waals surface area (Å²) in [6, 6.07) is 11.7. The van der Waals surface area contributed by atoms with Gasteiger partial charge in [0.2, 0.25) is 0 Å². The third kappa shape index (κ3) is 6.55. The smallest absolute Gasteiger partial charge is 0.255 e. The van der Waals surface area contributed by atoms with Gasteiger partial charge in [0.05, 0.1) is 23.8 Å². The van der Waals surface area contributed by atoms with Crippen molar-refractivity contribution in [1.82, 2.24) is 5.32 Å². The van der Waals surface area contributed by atoms with Crippen molar-refractivity contribution in [1.29, 1.82) is 0 Å². The summed E-state index contributed by atoms with van der Waals surface area (Å²) in [6.45, 7) is 5.50. The molecule has 0 spiro atoms. The normalized spacial score (nSPS) is 10.6. The van der Waals surface area contributed by atoms with E-state index in [4.69, 9.17) is 21.1 Å². The van der Waals surface area contributed by atoms with Crippen molar-refractivity contribution in [2.75, 3.05) is 32.2 Å². The van der Waals surface area contributed by atoms with Crippen LogP contribution in [-0.4, -0.2) is 38.7 Å². The fraction of sp³-hybridized carbons (Fsp3) is 0.333. The topological polar surface area (TPSA) is 76.7 Å². The van der Waals surface area contributed by atoms with Crippen molar-refractivity contribution < 1.29 is 19.1 Å². The third-order valence-electron chi connectivity index (χ3n) is 3.74. The summed E-state index contributed by atoms with van der Waals surface area (Å²) in [5.74, 6) is 0.450. The van der Waals surface area contributed by atoms with Crippen molar-refractivity contribution in [3.05, 3.63) is 58.6 Å². The molecule has 0 atom stereocenters. The summed E-state index contributed by atoms with van der Waals surface area (Å²) in [5, 5.41) is 5.73. The van der Waals surface area contributed by atoms with Gasteiger partial charge in [-0.25, -0.2) is 0 Å². The Morgan fingerprint density at radius 2 is 1.89 bits per heavy atom. The Labute approximate surface area is 170 Å². The van der Waals surface area contributed by atoms with E-state index in [1.807, 2.05) is 6.07 Å². The van der Waals surface area contributed by atoms with Gasteiger partial charge in [0, 0.05) is 24.9 Å². The van der Waals surface area contributed by atoms with E-state index in [0.717, 1.165) is 0 Å². The van der Waals surface area contributed by atoms with Gasteiger partial charge in [0.15, 0.2) is 0 Å². The van der Waals surface area contributed by atoms with E-state index in [-0.39, 0.29) is 16.8 Å². The van der Waals surface area contributed by atoms with Crippen LogP contribution in [0.2, 0.25) is 5.02 Å². The van der Waals surface area contributed by atoms with Crippen LogP contribution in [0.4, 0.5) is 5.69 Å². The largest absolute Gasteiger partial charge is 0.493 e. The average Bonchev–Trinajstić information content (AvgIpc) is 2.66. The molecule has 0 aliphatic rings. The summed E-state index contributed by atoms with van der Waals surface area (Å²) in [6.07, 6.45) is 0. The predicted octanol–water partition coefficient (Wildman–Crippen LogP) is 4.00. The number of anilines is 1. The molecule has 6 nitrogen and oxygen atoms in total. The number of nitrogens with one attached hydrogen (secondary N) is 2. The molecule has 0 saturated carbocycles. The average molecular weight is 405 g/mol. The lowest BCUT2D eigenvalue weighted by Gasteiger charge is -2.11. The van der Waals surface area contributed by atoms with Crippen LogP contribution in [0.5, 0.6) is 5.75 Å². The second-order valence-electron chi connectivity index (χ2n) is 6.63. The zero-order valence-corrected chi connectivity index (χ0v) is 17.0. The standard InChI is InChI=1S/C21H25ClN2O4/c1-14(2)13-28-17-6-4-5-15(11-17)20(25)24-16-7-8-18(19(22)12-16)21(26)23-9-10-27-3/h4-8,11-12,14H,9-10,13H2,1-3H3,(H,23,26)(H,24,25). The molecule has 0 aliphatic carbocycles. The number of amides is 2. The minimum absolute atomic E-state index is 0.252. The number of hydrogen-bond donors (Lipinski definition) is 2. The molecule has 0 saturated heterocycles. The second kappa shape index (κ2) is 10.7. The molecule has 0 aliphatic heterocycles. The van der Waals surface area contributed by atoms with Gasteiger partial charge in [-0.1, -0.05) is 31.5 Å². The minimum atomic E-state index is -0.296. The van der Waals surface area contributed by atoms with Gasteiger partial charge < -0.3 is 20.1 Å². The molecular weight excluding hydrogens is 380 g/mol. The number of benzene rings is 2. The number of ether oxygens (including phenoxy) is 2. The lowest BCUT2D eigenvalue weighted by molar-refractivity contribution is 0.0937. The molecule has 0 unspecified atom stereocenters. The first kappa shape index (κ1) is 21.7. The first-order chi connectivity index (χ1) is 13.4. The second-order valence-corrected chi connectivity index (χ2v) is 7.04. The minimum Gasteiger partial charge on any atom is -0.493 e. The van der Waals surface area contributed by atoms with Gasteiger partial charge in [-0.15, -0.1) is 0 Å². The van der Waals surface area contributed by atoms with E-state index in [1.165, 1.54) is 0 Å². The number of carbonyl (C=O) groups is 2. The lowest BCUT2D eigenvalue weighted by Crippen LogP contribution is -2.27. The molecule has 0 heterocycles. The van der Waals surface area contributed by atoms with Crippen LogP contribution in [-0.2, 0) is 4.74 Å². The van der Waals surface area contributed by atoms with Crippen molar-refractivity contribution in [2.24, 2.45) is 5.92 Å². The Hall–Kier alpha value is -2.57. The SMILES string of the molecule is COCCNC(=O)c1ccc(NC(=O)c2cccc(OCC(C)C)c2)cc1Cl. The summed E-state index contributed by atoms with van der Waals surface area (Å²) >= 11 is 6.20. The Kier molecular flexibility index (Phi) is 8.29. The summed E-state index contributed by atoms with van der Waals surface area (Å²) in [7, 11) is 1.56. The van der Waals surface area contributed by atoms with Crippen molar-refractivity contribution >= 4 is 29.1 Å². The van der Waals surface area contributed by atoms with Crippen molar-refractivity contribution in [3.8, 4) is 5.75 Å². The highest BCUT2D eigenvalue weighted by Crippen LogP contribution is 2.22. The molecule has 150 valence electrons. The maximum absolute atomic E-state index is 12.5. The molecule has 0 bridgehead atoms. The van der Waals surface area contributed by atoms with E-state index < -0.39 is 0 Å². The van der Waals surface area contributed by atoms with Crippen LogP contribution in [0.25, 0.3) is 0 Å². The maximum atomic E-state index is 12.5. The molecule has 2 aromatic carbocycles. The van der Waals surface area contributed by atoms with Gasteiger partial charge in [0.1, 0.15) is 5.75 Å². The molecule has 0 radical (unpaired) electrons. The van der Waals surface area contributed by atoms with Gasteiger partial charge in [0.25, 0.3) is 11.8 Å². The van der Waals surface area contributed by atoms with Crippen LogP contribution in [0, 0.1) is 5.92 Å². The van der Waals surface area contributed by atoms with E-state index in [1.54, 1.807) is 43.5 Å². The van der Waals surface area contributed by atoms with Crippen molar-refractivity contribution in [3.63, 3.8) is 0 Å². The first-order valence-corrected chi connectivity index (χ1v) is 9.39. The third-order valence-corrected chi connectivity index (χ3v) is 4.06. The number of methoxy groups -OCH3 is 1. The molecule has 28 heavy (non-hydrogen) atoms. The Morgan fingerprint density at radius 1 is 1.11 bits per heavy atom. The van der Waals surface area contributed by atoms with E-state index in [2.05, 4.69) is 24.5 Å². The Bertz CT molecular complexity index is 824. The Morgan fingerprint density at radius 3 is 2.57 bits per heavy atom.